The van der Waals surface area contributed by atoms with Gasteiger partial charge in [-0.15, -0.1) is 11.8 Å². The lowest BCUT2D eigenvalue weighted by Gasteiger charge is -2.14. The Morgan fingerprint density at radius 1 is 1.27 bits per heavy atom. The van der Waals surface area contributed by atoms with E-state index in [4.69, 9.17) is 4.74 Å². The van der Waals surface area contributed by atoms with E-state index in [9.17, 15) is 24.1 Å². The lowest BCUT2D eigenvalue weighted by molar-refractivity contribution is -0.387. The van der Waals surface area contributed by atoms with Gasteiger partial charge in [-0.1, -0.05) is 12.1 Å². The molecule has 0 aromatic heterocycles. The van der Waals surface area contributed by atoms with Gasteiger partial charge in [0.1, 0.15) is 5.82 Å². The number of anilines is 1. The summed E-state index contributed by atoms with van der Waals surface area (Å²) in [6, 6.07) is 9.47. The lowest BCUT2D eigenvalue weighted by atomic mass is 10.2. The maximum absolute atomic E-state index is 13.5. The zero-order chi connectivity index (χ0) is 19.3. The Hall–Kier alpha value is -2.94. The van der Waals surface area contributed by atoms with E-state index in [1.165, 1.54) is 49.0 Å². The Morgan fingerprint density at radius 2 is 1.96 bits per heavy atom. The second-order valence-corrected chi connectivity index (χ2v) is 6.01. The Morgan fingerprint density at radius 3 is 2.58 bits per heavy atom. The molecular formula is C17H15FN2O5S. The lowest BCUT2D eigenvalue weighted by Crippen LogP contribution is -2.30. The van der Waals surface area contributed by atoms with Crippen LogP contribution in [0.15, 0.2) is 47.4 Å². The van der Waals surface area contributed by atoms with Crippen molar-refractivity contribution in [2.24, 2.45) is 0 Å². The SMILES string of the molecule is CSc1ccc(C(=O)O[C@@H](C)C(=O)Nc2ccccc2F)cc1[N+](=O)[O-]. The van der Waals surface area contributed by atoms with Gasteiger partial charge in [-0.05, 0) is 37.4 Å². The number of nitrogens with zero attached hydrogens (tertiary/aromatic N) is 1. The second-order valence-electron chi connectivity index (χ2n) is 5.16. The monoisotopic (exact) mass is 378 g/mol. The first-order chi connectivity index (χ1) is 12.3. The van der Waals surface area contributed by atoms with Gasteiger partial charge in [0, 0.05) is 6.07 Å². The zero-order valence-corrected chi connectivity index (χ0v) is 14.7. The number of esters is 1. The highest BCUT2D eigenvalue weighted by Gasteiger charge is 2.22. The Balaban J connectivity index is 2.09. The van der Waals surface area contributed by atoms with Crippen molar-refractivity contribution in [1.29, 1.82) is 0 Å². The summed E-state index contributed by atoms with van der Waals surface area (Å²) >= 11 is 1.17. The van der Waals surface area contributed by atoms with Crippen LogP contribution in [0.1, 0.15) is 17.3 Å². The maximum atomic E-state index is 13.5. The Bertz CT molecular complexity index is 859. The summed E-state index contributed by atoms with van der Waals surface area (Å²) in [5.41, 5.74) is -0.323. The van der Waals surface area contributed by atoms with E-state index < -0.39 is 28.7 Å². The minimum absolute atomic E-state index is 0.0413. The fourth-order valence-electron chi connectivity index (χ4n) is 2.04. The number of hydrogen-bond donors (Lipinski definition) is 1. The normalized spacial score (nSPS) is 11.5. The predicted molar refractivity (Wildman–Crippen MR) is 94.8 cm³/mol. The molecule has 1 amide bonds. The zero-order valence-electron chi connectivity index (χ0n) is 13.9. The molecule has 0 saturated heterocycles. The highest BCUT2D eigenvalue weighted by atomic mass is 32.2. The van der Waals surface area contributed by atoms with Gasteiger partial charge >= 0.3 is 5.97 Å². The van der Waals surface area contributed by atoms with Gasteiger partial charge in [0.15, 0.2) is 6.10 Å². The van der Waals surface area contributed by atoms with Crippen molar-refractivity contribution in [3.63, 3.8) is 0 Å². The maximum Gasteiger partial charge on any atom is 0.339 e. The molecule has 0 spiro atoms. The first kappa shape index (κ1) is 19.4. The van der Waals surface area contributed by atoms with Crippen molar-refractivity contribution >= 4 is 35.0 Å². The average Bonchev–Trinajstić information content (AvgIpc) is 2.62. The molecule has 0 fully saturated rings. The van der Waals surface area contributed by atoms with E-state index in [0.29, 0.717) is 4.90 Å². The van der Waals surface area contributed by atoms with Crippen LogP contribution in [-0.4, -0.2) is 29.2 Å². The van der Waals surface area contributed by atoms with E-state index in [0.717, 1.165) is 6.07 Å². The smallest absolute Gasteiger partial charge is 0.339 e. The summed E-state index contributed by atoms with van der Waals surface area (Å²) in [5, 5.41) is 13.4. The molecular weight excluding hydrogens is 363 g/mol. The number of nitrogens with one attached hydrogen (secondary N) is 1. The fourth-order valence-corrected chi connectivity index (χ4v) is 2.59. The number of halogens is 1. The Labute approximate surface area is 152 Å². The predicted octanol–water partition coefficient (Wildman–Crippen LogP) is 3.64. The summed E-state index contributed by atoms with van der Waals surface area (Å²) < 4.78 is 18.6. The molecule has 2 aromatic carbocycles. The minimum atomic E-state index is -1.22. The first-order valence-electron chi connectivity index (χ1n) is 7.42. The first-order valence-corrected chi connectivity index (χ1v) is 8.64. The largest absolute Gasteiger partial charge is 0.449 e. The van der Waals surface area contributed by atoms with Gasteiger partial charge in [-0.25, -0.2) is 9.18 Å². The molecule has 0 unspecified atom stereocenters. The highest BCUT2D eigenvalue weighted by molar-refractivity contribution is 7.98. The van der Waals surface area contributed by atoms with Crippen molar-refractivity contribution in [2.75, 3.05) is 11.6 Å². The van der Waals surface area contributed by atoms with Crippen LogP contribution in [-0.2, 0) is 9.53 Å². The van der Waals surface area contributed by atoms with Gasteiger partial charge in [0.25, 0.3) is 11.6 Å². The number of thioether (sulfide) groups is 1. The number of rotatable bonds is 6. The van der Waals surface area contributed by atoms with E-state index in [2.05, 4.69) is 5.32 Å². The summed E-state index contributed by atoms with van der Waals surface area (Å²) in [5.74, 6) is -2.24. The van der Waals surface area contributed by atoms with Gasteiger partial charge in [0.05, 0.1) is 21.1 Å². The molecule has 0 aliphatic rings. The minimum Gasteiger partial charge on any atom is -0.449 e. The third-order valence-electron chi connectivity index (χ3n) is 3.40. The third-order valence-corrected chi connectivity index (χ3v) is 4.18. The van der Waals surface area contributed by atoms with Crippen molar-refractivity contribution in [3.05, 3.63) is 64.0 Å². The number of carbonyl (C=O) groups is 2. The molecule has 2 aromatic rings. The van der Waals surface area contributed by atoms with Crippen LogP contribution in [0.5, 0.6) is 0 Å². The number of benzene rings is 2. The quantitative estimate of drug-likeness (QED) is 0.357. The number of nitro groups is 1. The molecule has 1 N–H and O–H groups in total. The van der Waals surface area contributed by atoms with Crippen LogP contribution in [0.4, 0.5) is 15.8 Å². The molecule has 7 nitrogen and oxygen atoms in total. The van der Waals surface area contributed by atoms with E-state index in [-0.39, 0.29) is 16.9 Å². The third kappa shape index (κ3) is 4.57. The summed E-state index contributed by atoms with van der Waals surface area (Å²) in [6.07, 6.45) is 0.455. The molecule has 0 aliphatic heterocycles. The van der Waals surface area contributed by atoms with Crippen LogP contribution >= 0.6 is 11.8 Å². The number of carbonyl (C=O) groups excluding carboxylic acids is 2. The molecule has 0 bridgehead atoms. The fraction of sp³-hybridized carbons (Fsp3) is 0.176. The number of para-hydroxylation sites is 1. The van der Waals surface area contributed by atoms with Gasteiger partial charge in [-0.3, -0.25) is 14.9 Å². The summed E-state index contributed by atoms with van der Waals surface area (Å²) in [7, 11) is 0. The van der Waals surface area contributed by atoms with Crippen LogP contribution in [0.2, 0.25) is 0 Å². The van der Waals surface area contributed by atoms with Crippen LogP contribution in [0.25, 0.3) is 0 Å². The highest BCUT2D eigenvalue weighted by Crippen LogP contribution is 2.28. The van der Waals surface area contributed by atoms with E-state index in [1.807, 2.05) is 0 Å². The van der Waals surface area contributed by atoms with Gasteiger partial charge < -0.3 is 10.1 Å². The van der Waals surface area contributed by atoms with Gasteiger partial charge in [0.2, 0.25) is 0 Å². The van der Waals surface area contributed by atoms with Crippen molar-refractivity contribution < 1.29 is 23.6 Å². The molecule has 136 valence electrons. The topological polar surface area (TPSA) is 98.5 Å². The molecule has 0 aliphatic carbocycles. The van der Waals surface area contributed by atoms with Crippen LogP contribution < -0.4 is 5.32 Å². The van der Waals surface area contributed by atoms with Crippen LogP contribution in [0.3, 0.4) is 0 Å². The molecule has 0 heterocycles. The second kappa shape index (κ2) is 8.43. The average molecular weight is 378 g/mol. The van der Waals surface area contributed by atoms with Crippen LogP contribution in [0, 0.1) is 15.9 Å². The van der Waals surface area contributed by atoms with Crippen molar-refractivity contribution in [1.82, 2.24) is 0 Å². The summed E-state index contributed by atoms with van der Waals surface area (Å²) in [4.78, 5) is 35.0. The van der Waals surface area contributed by atoms with Crippen molar-refractivity contribution in [3.8, 4) is 0 Å². The molecule has 1 atom stereocenters. The standard InChI is InChI=1S/C17H15FN2O5S/c1-10(16(21)19-13-6-4-3-5-12(13)18)25-17(22)11-7-8-15(26-2)14(9-11)20(23)24/h3-10H,1-2H3,(H,19,21)/t10-/m0/s1. The van der Waals surface area contributed by atoms with Crippen molar-refractivity contribution in [2.45, 2.75) is 17.9 Å². The molecule has 0 saturated carbocycles. The summed E-state index contributed by atoms with van der Waals surface area (Å²) in [6.45, 7) is 1.32. The van der Waals surface area contributed by atoms with E-state index in [1.54, 1.807) is 12.3 Å². The molecule has 26 heavy (non-hydrogen) atoms. The number of hydrogen-bond acceptors (Lipinski definition) is 6. The Kier molecular flexibility index (Phi) is 6.29. The van der Waals surface area contributed by atoms with Gasteiger partial charge in [-0.2, -0.15) is 0 Å². The molecule has 9 heteroatoms. The van der Waals surface area contributed by atoms with E-state index >= 15 is 0 Å². The number of ether oxygens (including phenoxy) is 1. The molecule has 0 radical (unpaired) electrons. The number of nitro benzene ring substituents is 1. The number of amides is 1. The molecule has 2 rings (SSSR count).